The summed E-state index contributed by atoms with van der Waals surface area (Å²) in [4.78, 5) is 2.34. The first-order valence-electron chi connectivity index (χ1n) is 7.72. The van der Waals surface area contributed by atoms with Gasteiger partial charge in [0.1, 0.15) is 5.75 Å². The molecular weight excluding hydrogens is 248 g/mol. The molecule has 2 N–H and O–H groups in total. The van der Waals surface area contributed by atoms with Crippen LogP contribution in [-0.2, 0) is 0 Å². The van der Waals surface area contributed by atoms with Crippen LogP contribution in [0.15, 0.2) is 24.3 Å². The predicted molar refractivity (Wildman–Crippen MR) is 85.4 cm³/mol. The Morgan fingerprint density at radius 1 is 1.30 bits per heavy atom. The molecule has 1 atom stereocenters. The van der Waals surface area contributed by atoms with Crippen LogP contribution in [0, 0.1) is 11.8 Å². The van der Waals surface area contributed by atoms with Gasteiger partial charge in [-0.3, -0.25) is 0 Å². The van der Waals surface area contributed by atoms with Gasteiger partial charge in [0.2, 0.25) is 0 Å². The van der Waals surface area contributed by atoms with Crippen molar-refractivity contribution in [1.82, 2.24) is 0 Å². The van der Waals surface area contributed by atoms with E-state index in [9.17, 15) is 0 Å². The topological polar surface area (TPSA) is 38.5 Å². The molecule has 0 aromatic heterocycles. The number of methoxy groups -OCH3 is 1. The van der Waals surface area contributed by atoms with Crippen LogP contribution in [0.4, 0.5) is 5.69 Å². The van der Waals surface area contributed by atoms with Gasteiger partial charge in [-0.25, -0.2) is 0 Å². The van der Waals surface area contributed by atoms with Gasteiger partial charge in [-0.05, 0) is 36.8 Å². The maximum atomic E-state index is 6.07. The molecule has 1 aromatic rings. The molecule has 1 saturated carbocycles. The number of hydrogen-bond donors (Lipinski definition) is 1. The molecule has 20 heavy (non-hydrogen) atoms. The zero-order valence-electron chi connectivity index (χ0n) is 13.0. The molecule has 0 aliphatic heterocycles. The molecule has 0 radical (unpaired) electrons. The molecule has 112 valence electrons. The second-order valence-corrected chi connectivity index (χ2v) is 6.14. The zero-order valence-corrected chi connectivity index (χ0v) is 13.0. The normalized spacial score (nSPS) is 24.2. The fourth-order valence-electron chi connectivity index (χ4n) is 3.36. The summed E-state index contributed by atoms with van der Waals surface area (Å²) in [6.45, 7) is 3.08. The van der Waals surface area contributed by atoms with Crippen molar-refractivity contribution >= 4 is 5.69 Å². The summed E-state index contributed by atoms with van der Waals surface area (Å²) < 4.78 is 5.32. The quantitative estimate of drug-likeness (QED) is 0.897. The highest BCUT2D eigenvalue weighted by molar-refractivity contribution is 5.51. The summed E-state index contributed by atoms with van der Waals surface area (Å²) >= 11 is 0. The third-order valence-electron chi connectivity index (χ3n) is 4.80. The number of nitrogens with zero attached hydrogens (tertiary/aromatic N) is 1. The largest absolute Gasteiger partial charge is 0.497 e. The number of benzene rings is 1. The number of nitrogens with two attached hydrogens (primary N) is 1. The van der Waals surface area contributed by atoms with E-state index in [2.05, 4.69) is 31.0 Å². The second kappa shape index (κ2) is 6.98. The van der Waals surface area contributed by atoms with E-state index in [4.69, 9.17) is 10.5 Å². The first kappa shape index (κ1) is 15.2. The van der Waals surface area contributed by atoms with E-state index in [0.29, 0.717) is 18.5 Å². The summed E-state index contributed by atoms with van der Waals surface area (Å²) in [6.07, 6.45) is 5.29. The Labute approximate surface area is 123 Å². The van der Waals surface area contributed by atoms with E-state index in [1.54, 1.807) is 7.11 Å². The average molecular weight is 276 g/mol. The lowest BCUT2D eigenvalue weighted by Gasteiger charge is -2.38. The Hall–Kier alpha value is -1.22. The standard InChI is InChI=1S/C17H28N2O/c1-13-7-9-14(10-8-13)17(12-18)19(2)15-5-4-6-16(11-15)20-3/h4-6,11,13-14,17H,7-10,12,18H2,1-3H3. The Morgan fingerprint density at radius 3 is 2.60 bits per heavy atom. The summed E-state index contributed by atoms with van der Waals surface area (Å²) in [6, 6.07) is 8.68. The summed E-state index contributed by atoms with van der Waals surface area (Å²) in [5.74, 6) is 2.50. The van der Waals surface area contributed by atoms with Gasteiger partial charge >= 0.3 is 0 Å². The van der Waals surface area contributed by atoms with Gasteiger partial charge in [0.15, 0.2) is 0 Å². The van der Waals surface area contributed by atoms with E-state index in [1.807, 2.05) is 12.1 Å². The first-order chi connectivity index (χ1) is 9.65. The van der Waals surface area contributed by atoms with E-state index in [0.717, 1.165) is 11.7 Å². The van der Waals surface area contributed by atoms with Crippen LogP contribution in [0.2, 0.25) is 0 Å². The van der Waals surface area contributed by atoms with Crippen molar-refractivity contribution in [3.63, 3.8) is 0 Å². The van der Waals surface area contributed by atoms with Crippen molar-refractivity contribution in [2.75, 3.05) is 25.6 Å². The number of hydrogen-bond acceptors (Lipinski definition) is 3. The van der Waals surface area contributed by atoms with Gasteiger partial charge in [0.05, 0.1) is 7.11 Å². The van der Waals surface area contributed by atoms with Gasteiger partial charge in [0.25, 0.3) is 0 Å². The van der Waals surface area contributed by atoms with Gasteiger partial charge in [-0.2, -0.15) is 0 Å². The molecule has 2 rings (SSSR count). The molecule has 0 heterocycles. The molecule has 1 aliphatic rings. The van der Waals surface area contributed by atoms with Crippen molar-refractivity contribution in [3.05, 3.63) is 24.3 Å². The fourth-order valence-corrected chi connectivity index (χ4v) is 3.36. The van der Waals surface area contributed by atoms with Crippen LogP contribution in [0.25, 0.3) is 0 Å². The Kier molecular flexibility index (Phi) is 5.30. The molecule has 0 bridgehead atoms. The van der Waals surface area contributed by atoms with Gasteiger partial charge in [-0.15, -0.1) is 0 Å². The van der Waals surface area contributed by atoms with Gasteiger partial charge < -0.3 is 15.4 Å². The number of ether oxygens (including phenoxy) is 1. The summed E-state index contributed by atoms with van der Waals surface area (Å²) in [7, 11) is 3.87. The van der Waals surface area contributed by atoms with Crippen LogP contribution in [0.3, 0.4) is 0 Å². The molecule has 0 amide bonds. The van der Waals surface area contributed by atoms with Gasteiger partial charge in [0, 0.05) is 31.4 Å². The number of likely N-dealkylation sites (N-methyl/N-ethyl adjacent to an activating group) is 1. The smallest absolute Gasteiger partial charge is 0.120 e. The minimum Gasteiger partial charge on any atom is -0.497 e. The summed E-state index contributed by atoms with van der Waals surface area (Å²) in [5, 5.41) is 0. The monoisotopic (exact) mass is 276 g/mol. The van der Waals surface area contributed by atoms with Crippen molar-refractivity contribution in [3.8, 4) is 5.75 Å². The molecule has 0 spiro atoms. The molecule has 3 heteroatoms. The lowest BCUT2D eigenvalue weighted by Crippen LogP contribution is -2.44. The van der Waals surface area contributed by atoms with E-state index in [1.165, 1.54) is 31.4 Å². The molecule has 1 aliphatic carbocycles. The Bertz CT molecular complexity index is 413. The van der Waals surface area contributed by atoms with E-state index < -0.39 is 0 Å². The molecule has 1 fully saturated rings. The van der Waals surface area contributed by atoms with Crippen LogP contribution in [-0.4, -0.2) is 26.7 Å². The molecule has 1 unspecified atom stereocenters. The molecular formula is C17H28N2O. The van der Waals surface area contributed by atoms with E-state index in [-0.39, 0.29) is 0 Å². The highest BCUT2D eigenvalue weighted by atomic mass is 16.5. The highest BCUT2D eigenvalue weighted by Gasteiger charge is 2.28. The van der Waals surface area contributed by atoms with Crippen molar-refractivity contribution in [2.24, 2.45) is 17.6 Å². The fraction of sp³-hybridized carbons (Fsp3) is 0.647. The Balaban J connectivity index is 2.09. The third kappa shape index (κ3) is 3.45. The second-order valence-electron chi connectivity index (χ2n) is 6.14. The van der Waals surface area contributed by atoms with Crippen LogP contribution in [0.5, 0.6) is 5.75 Å². The minimum atomic E-state index is 0.426. The molecule has 0 saturated heterocycles. The Morgan fingerprint density at radius 2 is 2.00 bits per heavy atom. The number of rotatable bonds is 5. The summed E-state index contributed by atoms with van der Waals surface area (Å²) in [5.41, 5.74) is 7.27. The van der Waals surface area contributed by atoms with Gasteiger partial charge in [-0.1, -0.05) is 25.8 Å². The van der Waals surface area contributed by atoms with Crippen molar-refractivity contribution in [2.45, 2.75) is 38.6 Å². The maximum absolute atomic E-state index is 6.07. The zero-order chi connectivity index (χ0) is 14.5. The highest BCUT2D eigenvalue weighted by Crippen LogP contribution is 2.33. The molecule has 1 aromatic carbocycles. The maximum Gasteiger partial charge on any atom is 0.120 e. The lowest BCUT2D eigenvalue weighted by atomic mass is 9.78. The average Bonchev–Trinajstić information content (AvgIpc) is 2.50. The first-order valence-corrected chi connectivity index (χ1v) is 7.72. The van der Waals surface area contributed by atoms with E-state index >= 15 is 0 Å². The lowest BCUT2D eigenvalue weighted by molar-refractivity contribution is 0.253. The van der Waals surface area contributed by atoms with Crippen LogP contribution < -0.4 is 15.4 Å². The van der Waals surface area contributed by atoms with Crippen LogP contribution >= 0.6 is 0 Å². The number of anilines is 1. The molecule has 3 nitrogen and oxygen atoms in total. The van der Waals surface area contributed by atoms with Crippen LogP contribution in [0.1, 0.15) is 32.6 Å². The van der Waals surface area contributed by atoms with Crippen molar-refractivity contribution in [1.29, 1.82) is 0 Å². The third-order valence-corrected chi connectivity index (χ3v) is 4.80. The van der Waals surface area contributed by atoms with Crippen molar-refractivity contribution < 1.29 is 4.74 Å². The predicted octanol–water partition coefficient (Wildman–Crippen LogP) is 3.29. The SMILES string of the molecule is COc1cccc(N(C)C(CN)C2CCC(C)CC2)c1. The minimum absolute atomic E-state index is 0.426.